The number of hydrogen-bond acceptors (Lipinski definition) is 6. The number of nitrogens with zero attached hydrogens (tertiary/aromatic N) is 4. The summed E-state index contributed by atoms with van der Waals surface area (Å²) in [6.45, 7) is 4.70. The van der Waals surface area contributed by atoms with Crippen LogP contribution in [-0.4, -0.2) is 19.7 Å². The van der Waals surface area contributed by atoms with Gasteiger partial charge in [-0.2, -0.15) is 0 Å². The Kier molecular flexibility index (Phi) is 5.05. The van der Waals surface area contributed by atoms with Crippen molar-refractivity contribution >= 4 is 34.1 Å². The van der Waals surface area contributed by atoms with Gasteiger partial charge in [0.15, 0.2) is 9.35 Å². The van der Waals surface area contributed by atoms with Gasteiger partial charge in [0.2, 0.25) is 5.43 Å². The Morgan fingerprint density at radius 2 is 1.93 bits per heavy atom. The summed E-state index contributed by atoms with van der Waals surface area (Å²) in [6, 6.07) is 14.0. The molecule has 0 saturated carbocycles. The second kappa shape index (κ2) is 7.62. The van der Waals surface area contributed by atoms with Crippen molar-refractivity contribution in [3.8, 4) is 10.6 Å². The Bertz CT molecular complexity index is 1150. The van der Waals surface area contributed by atoms with Gasteiger partial charge in [0.1, 0.15) is 5.65 Å². The lowest BCUT2D eigenvalue weighted by Crippen LogP contribution is -2.13. The lowest BCUT2D eigenvalue weighted by molar-refractivity contribution is 0.776. The van der Waals surface area contributed by atoms with Crippen molar-refractivity contribution in [3.05, 3.63) is 70.1 Å². The molecule has 3 aromatic heterocycles. The van der Waals surface area contributed by atoms with E-state index in [1.807, 2.05) is 54.9 Å². The molecule has 0 saturated heterocycles. The second-order valence-electron chi connectivity index (χ2n) is 6.13. The first-order valence-electron chi connectivity index (χ1n) is 8.67. The first-order chi connectivity index (χ1) is 13.2. The third kappa shape index (κ3) is 3.65. The van der Waals surface area contributed by atoms with E-state index in [0.29, 0.717) is 16.0 Å². The molecular formula is C20H18N4OS2. The first-order valence-corrected chi connectivity index (χ1v) is 10.5. The molecule has 5 nitrogen and oxygen atoms in total. The van der Waals surface area contributed by atoms with Crippen molar-refractivity contribution in [1.29, 1.82) is 0 Å². The van der Waals surface area contributed by atoms with E-state index in [1.165, 1.54) is 16.9 Å². The van der Waals surface area contributed by atoms with Crippen molar-refractivity contribution in [2.75, 3.05) is 0 Å². The van der Waals surface area contributed by atoms with E-state index >= 15 is 0 Å². The molecule has 0 aliphatic heterocycles. The van der Waals surface area contributed by atoms with Gasteiger partial charge < -0.3 is 4.57 Å². The Morgan fingerprint density at radius 3 is 2.70 bits per heavy atom. The summed E-state index contributed by atoms with van der Waals surface area (Å²) >= 11 is 3.09. The predicted molar refractivity (Wildman–Crippen MR) is 111 cm³/mol. The Labute approximate surface area is 165 Å². The highest BCUT2D eigenvalue weighted by Gasteiger charge is 2.15. The van der Waals surface area contributed by atoms with Crippen LogP contribution >= 0.6 is 23.1 Å². The molecule has 1 aromatic carbocycles. The van der Waals surface area contributed by atoms with Crippen molar-refractivity contribution in [1.82, 2.24) is 19.7 Å². The van der Waals surface area contributed by atoms with E-state index in [0.717, 1.165) is 28.0 Å². The highest BCUT2D eigenvalue weighted by molar-refractivity contribution is 8.00. The summed E-state index contributed by atoms with van der Waals surface area (Å²) in [5.74, 6) is 0.829. The van der Waals surface area contributed by atoms with Crippen LogP contribution in [0.25, 0.3) is 21.6 Å². The normalized spacial score (nSPS) is 11.2. The van der Waals surface area contributed by atoms with Gasteiger partial charge in [0.25, 0.3) is 0 Å². The van der Waals surface area contributed by atoms with E-state index in [9.17, 15) is 4.79 Å². The Hall–Kier alpha value is -2.51. The number of rotatable bonds is 5. The molecule has 0 fully saturated rings. The fourth-order valence-corrected chi connectivity index (χ4v) is 4.66. The van der Waals surface area contributed by atoms with Crippen molar-refractivity contribution in [3.63, 3.8) is 0 Å². The van der Waals surface area contributed by atoms with Gasteiger partial charge >= 0.3 is 0 Å². The minimum atomic E-state index is -0.0436. The summed E-state index contributed by atoms with van der Waals surface area (Å²) in [5, 5.41) is 9.81. The van der Waals surface area contributed by atoms with Gasteiger partial charge in [-0.3, -0.25) is 4.79 Å². The molecule has 0 aliphatic rings. The van der Waals surface area contributed by atoms with Gasteiger partial charge in [-0.15, -0.1) is 10.2 Å². The topological polar surface area (TPSA) is 60.7 Å². The largest absolute Gasteiger partial charge is 0.332 e. The van der Waals surface area contributed by atoms with E-state index in [2.05, 4.69) is 27.3 Å². The van der Waals surface area contributed by atoms with E-state index < -0.39 is 0 Å². The van der Waals surface area contributed by atoms with E-state index in [4.69, 9.17) is 0 Å². The SMILES string of the molecule is CCn1cc(-c2nnc(SCc3ccccc3)s2)c(=O)c2ccc(C)nc21. The first kappa shape index (κ1) is 17.9. The van der Waals surface area contributed by atoms with Gasteiger partial charge in [-0.1, -0.05) is 53.4 Å². The van der Waals surface area contributed by atoms with E-state index in [1.54, 1.807) is 11.8 Å². The molecule has 3 heterocycles. The van der Waals surface area contributed by atoms with Crippen LogP contribution in [0, 0.1) is 6.92 Å². The molecule has 0 N–H and O–H groups in total. The number of fused-ring (bicyclic) bond motifs is 1. The zero-order chi connectivity index (χ0) is 18.8. The maximum Gasteiger partial charge on any atom is 0.201 e. The zero-order valence-electron chi connectivity index (χ0n) is 15.0. The Balaban J connectivity index is 1.68. The number of pyridine rings is 2. The molecule has 136 valence electrons. The van der Waals surface area contributed by atoms with Gasteiger partial charge in [-0.05, 0) is 31.5 Å². The highest BCUT2D eigenvalue weighted by Crippen LogP contribution is 2.30. The van der Waals surface area contributed by atoms with Crippen molar-refractivity contribution in [2.24, 2.45) is 0 Å². The van der Waals surface area contributed by atoms with Gasteiger partial charge in [-0.25, -0.2) is 4.98 Å². The molecule has 0 radical (unpaired) electrons. The molecule has 4 rings (SSSR count). The smallest absolute Gasteiger partial charge is 0.201 e. The van der Waals surface area contributed by atoms with Crippen LogP contribution in [0.5, 0.6) is 0 Å². The standard InChI is InChI=1S/C20H18N4OS2/c1-3-24-11-16(17(25)15-10-9-13(2)21-18(15)24)19-22-23-20(27-19)26-12-14-7-5-4-6-8-14/h4-11H,3,12H2,1-2H3. The Morgan fingerprint density at radius 1 is 1.11 bits per heavy atom. The average molecular weight is 395 g/mol. The van der Waals surface area contributed by atoms with Crippen LogP contribution in [0.3, 0.4) is 0 Å². The summed E-state index contributed by atoms with van der Waals surface area (Å²) in [5.41, 5.74) is 3.39. The van der Waals surface area contributed by atoms with Gasteiger partial charge in [0, 0.05) is 24.2 Å². The molecule has 0 bridgehead atoms. The molecule has 7 heteroatoms. The van der Waals surface area contributed by atoms with Crippen LogP contribution in [0.4, 0.5) is 0 Å². The molecule has 4 aromatic rings. The second-order valence-corrected chi connectivity index (χ2v) is 8.33. The molecule has 0 atom stereocenters. The minimum Gasteiger partial charge on any atom is -0.332 e. The van der Waals surface area contributed by atoms with E-state index in [-0.39, 0.29) is 5.43 Å². The highest BCUT2D eigenvalue weighted by atomic mass is 32.2. The quantitative estimate of drug-likeness (QED) is 0.465. The minimum absolute atomic E-state index is 0.0436. The lowest BCUT2D eigenvalue weighted by atomic mass is 10.2. The van der Waals surface area contributed by atoms with Crippen molar-refractivity contribution in [2.45, 2.75) is 30.5 Å². The van der Waals surface area contributed by atoms with Crippen LogP contribution in [0.1, 0.15) is 18.2 Å². The lowest BCUT2D eigenvalue weighted by Gasteiger charge is -2.09. The van der Waals surface area contributed by atoms with Crippen LogP contribution in [0.15, 0.2) is 57.8 Å². The molecule has 0 unspecified atom stereocenters. The summed E-state index contributed by atoms with van der Waals surface area (Å²) in [7, 11) is 0. The average Bonchev–Trinajstić information content (AvgIpc) is 3.16. The predicted octanol–water partition coefficient (Wildman–Crippen LogP) is 4.54. The molecule has 0 amide bonds. The molecular weight excluding hydrogens is 376 g/mol. The van der Waals surface area contributed by atoms with Crippen LogP contribution in [0.2, 0.25) is 0 Å². The fourth-order valence-electron chi connectivity index (χ4n) is 2.85. The maximum absolute atomic E-state index is 13.0. The van der Waals surface area contributed by atoms with Crippen molar-refractivity contribution < 1.29 is 0 Å². The fraction of sp³-hybridized carbons (Fsp3) is 0.200. The zero-order valence-corrected chi connectivity index (χ0v) is 16.7. The molecule has 0 spiro atoms. The number of aryl methyl sites for hydroxylation is 2. The molecule has 0 aliphatic carbocycles. The third-order valence-electron chi connectivity index (χ3n) is 4.24. The number of hydrogen-bond donors (Lipinski definition) is 0. The summed E-state index contributed by atoms with van der Waals surface area (Å²) < 4.78 is 2.86. The number of benzene rings is 1. The number of thioether (sulfide) groups is 1. The maximum atomic E-state index is 13.0. The summed E-state index contributed by atoms with van der Waals surface area (Å²) in [4.78, 5) is 17.5. The van der Waals surface area contributed by atoms with Crippen LogP contribution in [-0.2, 0) is 12.3 Å². The third-order valence-corrected chi connectivity index (χ3v) is 6.40. The van der Waals surface area contributed by atoms with Gasteiger partial charge in [0.05, 0.1) is 10.9 Å². The monoisotopic (exact) mass is 394 g/mol. The summed E-state index contributed by atoms with van der Waals surface area (Å²) in [6.07, 6.45) is 1.85. The number of aromatic nitrogens is 4. The molecule has 27 heavy (non-hydrogen) atoms. The van der Waals surface area contributed by atoms with Crippen LogP contribution < -0.4 is 5.43 Å².